The maximum absolute atomic E-state index is 10.1. The number of imidazole rings is 1. The normalized spacial score (nSPS) is 12.6. The third-order valence-electron chi connectivity index (χ3n) is 3.42. The molecule has 1 aromatic carbocycles. The monoisotopic (exact) mass is 323 g/mol. The van der Waals surface area contributed by atoms with Crippen molar-refractivity contribution in [2.45, 2.75) is 19.6 Å². The van der Waals surface area contributed by atoms with Crippen LogP contribution in [0.5, 0.6) is 5.75 Å². The van der Waals surface area contributed by atoms with Gasteiger partial charge < -0.3 is 14.4 Å². The first kappa shape index (κ1) is 16.8. The Morgan fingerprint density at radius 3 is 2.64 bits per heavy atom. The van der Waals surface area contributed by atoms with Crippen molar-refractivity contribution in [3.8, 4) is 5.75 Å². The maximum atomic E-state index is 10.1. The maximum Gasteiger partial charge on any atom is 0.128 e. The van der Waals surface area contributed by atoms with Gasteiger partial charge in [-0.2, -0.15) is 0 Å². The Labute approximate surface area is 136 Å². The lowest BCUT2D eigenvalue weighted by atomic mass is 10.2. The number of likely N-dealkylation sites (N-methyl/N-ethyl adjacent to an activating group) is 1. The second-order valence-corrected chi connectivity index (χ2v) is 5.92. The minimum Gasteiger partial charge on any atom is -0.491 e. The van der Waals surface area contributed by atoms with Crippen LogP contribution in [0.2, 0.25) is 5.15 Å². The summed E-state index contributed by atoms with van der Waals surface area (Å²) in [4.78, 5) is 6.23. The number of aliphatic hydroxyl groups is 1. The van der Waals surface area contributed by atoms with E-state index in [1.807, 2.05) is 54.8 Å². The Morgan fingerprint density at radius 2 is 2.05 bits per heavy atom. The van der Waals surface area contributed by atoms with Crippen molar-refractivity contribution in [3.63, 3.8) is 0 Å². The van der Waals surface area contributed by atoms with Crippen LogP contribution in [0, 0.1) is 6.92 Å². The lowest BCUT2D eigenvalue weighted by Crippen LogP contribution is -2.33. The van der Waals surface area contributed by atoms with Gasteiger partial charge in [-0.15, -0.1) is 0 Å². The molecule has 6 heteroatoms. The lowest BCUT2D eigenvalue weighted by molar-refractivity contribution is 0.0734. The highest BCUT2D eigenvalue weighted by Crippen LogP contribution is 2.13. The molecule has 0 aliphatic rings. The highest BCUT2D eigenvalue weighted by molar-refractivity contribution is 6.29. The molecule has 0 saturated carbocycles. The van der Waals surface area contributed by atoms with Crippen LogP contribution < -0.4 is 4.74 Å². The molecule has 22 heavy (non-hydrogen) atoms. The van der Waals surface area contributed by atoms with Gasteiger partial charge >= 0.3 is 0 Å². The largest absolute Gasteiger partial charge is 0.491 e. The molecular weight excluding hydrogens is 302 g/mol. The zero-order valence-corrected chi connectivity index (χ0v) is 13.9. The summed E-state index contributed by atoms with van der Waals surface area (Å²) in [7, 11) is 3.80. The molecule has 1 N–H and O–H groups in total. The van der Waals surface area contributed by atoms with E-state index in [-0.39, 0.29) is 6.61 Å². The van der Waals surface area contributed by atoms with Gasteiger partial charge in [-0.05, 0) is 26.1 Å². The van der Waals surface area contributed by atoms with Crippen molar-refractivity contribution in [1.82, 2.24) is 14.5 Å². The average molecular weight is 324 g/mol. The Hall–Kier alpha value is -1.56. The van der Waals surface area contributed by atoms with Crippen molar-refractivity contribution in [1.29, 1.82) is 0 Å². The number of halogens is 1. The smallest absolute Gasteiger partial charge is 0.128 e. The summed E-state index contributed by atoms with van der Waals surface area (Å²) in [6.45, 7) is 3.40. The first-order valence-corrected chi connectivity index (χ1v) is 7.55. The molecule has 0 spiro atoms. The number of aromatic nitrogens is 2. The third-order valence-corrected chi connectivity index (χ3v) is 3.78. The van der Waals surface area contributed by atoms with Gasteiger partial charge in [-0.3, -0.25) is 4.90 Å². The van der Waals surface area contributed by atoms with E-state index in [1.165, 1.54) is 5.56 Å². The van der Waals surface area contributed by atoms with Crippen LogP contribution in [0.15, 0.2) is 30.5 Å². The van der Waals surface area contributed by atoms with Crippen LogP contribution in [0.3, 0.4) is 0 Å². The Balaban J connectivity index is 1.77. The van der Waals surface area contributed by atoms with Gasteiger partial charge in [0.05, 0.1) is 12.7 Å². The minimum absolute atomic E-state index is 0.259. The minimum atomic E-state index is -0.568. The molecule has 0 amide bonds. The molecule has 1 aromatic heterocycles. The molecule has 2 aromatic rings. The molecule has 2 rings (SSSR count). The molecule has 0 radical (unpaired) electrons. The van der Waals surface area contributed by atoms with E-state index in [2.05, 4.69) is 4.98 Å². The van der Waals surface area contributed by atoms with Crippen LogP contribution in [-0.2, 0) is 13.6 Å². The summed E-state index contributed by atoms with van der Waals surface area (Å²) >= 11 is 5.96. The molecule has 1 atom stereocenters. The van der Waals surface area contributed by atoms with E-state index < -0.39 is 6.10 Å². The Kier molecular flexibility index (Phi) is 5.83. The number of aryl methyl sites for hydroxylation is 1. The predicted octanol–water partition coefficient (Wildman–Crippen LogP) is 2.25. The topological polar surface area (TPSA) is 50.5 Å². The van der Waals surface area contributed by atoms with E-state index in [0.717, 1.165) is 11.6 Å². The Bertz CT molecular complexity index is 598. The van der Waals surface area contributed by atoms with E-state index in [1.54, 1.807) is 6.20 Å². The molecule has 0 saturated heterocycles. The fourth-order valence-corrected chi connectivity index (χ4v) is 2.26. The number of rotatable bonds is 7. The van der Waals surface area contributed by atoms with E-state index in [9.17, 15) is 5.11 Å². The van der Waals surface area contributed by atoms with Crippen LogP contribution in [-0.4, -0.2) is 45.9 Å². The fraction of sp³-hybridized carbons (Fsp3) is 0.438. The number of hydrogen-bond donors (Lipinski definition) is 1. The van der Waals surface area contributed by atoms with E-state index in [0.29, 0.717) is 18.2 Å². The summed E-state index contributed by atoms with van der Waals surface area (Å²) in [5.41, 5.74) is 1.18. The van der Waals surface area contributed by atoms with Crippen LogP contribution in [0.1, 0.15) is 11.4 Å². The number of aliphatic hydroxyl groups excluding tert-OH is 1. The van der Waals surface area contributed by atoms with Crippen molar-refractivity contribution >= 4 is 11.6 Å². The molecule has 120 valence electrons. The number of ether oxygens (including phenoxy) is 1. The molecular formula is C16H22ClN3O2. The highest BCUT2D eigenvalue weighted by Gasteiger charge is 2.12. The quantitative estimate of drug-likeness (QED) is 0.849. The molecule has 1 unspecified atom stereocenters. The highest BCUT2D eigenvalue weighted by atomic mass is 35.5. The molecule has 5 nitrogen and oxygen atoms in total. The fourth-order valence-electron chi connectivity index (χ4n) is 2.12. The summed E-state index contributed by atoms with van der Waals surface area (Å²) < 4.78 is 7.41. The summed E-state index contributed by atoms with van der Waals surface area (Å²) in [6.07, 6.45) is 1.06. The van der Waals surface area contributed by atoms with Gasteiger partial charge in [0.25, 0.3) is 0 Å². The SMILES string of the molecule is Cc1ccc(OCC(O)CN(C)Cc2ncc(Cl)n2C)cc1. The van der Waals surface area contributed by atoms with Crippen molar-refractivity contribution < 1.29 is 9.84 Å². The van der Waals surface area contributed by atoms with Gasteiger partial charge in [0.1, 0.15) is 29.4 Å². The average Bonchev–Trinajstić information content (AvgIpc) is 2.78. The van der Waals surface area contributed by atoms with Gasteiger partial charge in [-0.25, -0.2) is 4.98 Å². The predicted molar refractivity (Wildman–Crippen MR) is 87.2 cm³/mol. The number of nitrogens with zero attached hydrogens (tertiary/aromatic N) is 3. The zero-order valence-electron chi connectivity index (χ0n) is 13.2. The van der Waals surface area contributed by atoms with Crippen LogP contribution >= 0.6 is 11.6 Å². The standard InChI is InChI=1S/C16H22ClN3O2/c1-12-4-6-14(7-5-12)22-11-13(21)9-19(2)10-16-18-8-15(17)20(16)3/h4-8,13,21H,9-11H2,1-3H3. The van der Waals surface area contributed by atoms with Gasteiger partial charge in [0, 0.05) is 13.6 Å². The lowest BCUT2D eigenvalue weighted by Gasteiger charge is -2.20. The van der Waals surface area contributed by atoms with E-state index in [4.69, 9.17) is 16.3 Å². The van der Waals surface area contributed by atoms with Gasteiger partial charge in [0.15, 0.2) is 0 Å². The Morgan fingerprint density at radius 1 is 1.36 bits per heavy atom. The van der Waals surface area contributed by atoms with Crippen molar-refractivity contribution in [3.05, 3.63) is 47.0 Å². The van der Waals surface area contributed by atoms with E-state index >= 15 is 0 Å². The summed E-state index contributed by atoms with van der Waals surface area (Å²) in [5, 5.41) is 10.7. The van der Waals surface area contributed by atoms with Crippen molar-refractivity contribution in [2.75, 3.05) is 20.2 Å². The van der Waals surface area contributed by atoms with Crippen LogP contribution in [0.4, 0.5) is 0 Å². The van der Waals surface area contributed by atoms with Gasteiger partial charge in [-0.1, -0.05) is 29.3 Å². The third kappa shape index (κ3) is 4.73. The molecule has 0 bridgehead atoms. The zero-order chi connectivity index (χ0) is 16.1. The molecule has 0 aliphatic heterocycles. The summed E-state index contributed by atoms with van der Waals surface area (Å²) in [6, 6.07) is 7.78. The second-order valence-electron chi connectivity index (χ2n) is 5.53. The first-order valence-electron chi connectivity index (χ1n) is 7.18. The molecule has 0 aliphatic carbocycles. The van der Waals surface area contributed by atoms with Crippen molar-refractivity contribution in [2.24, 2.45) is 7.05 Å². The van der Waals surface area contributed by atoms with Gasteiger partial charge in [0.2, 0.25) is 0 Å². The molecule has 0 fully saturated rings. The second kappa shape index (κ2) is 7.63. The van der Waals surface area contributed by atoms with Crippen LogP contribution in [0.25, 0.3) is 0 Å². The first-order chi connectivity index (χ1) is 10.5. The summed E-state index contributed by atoms with van der Waals surface area (Å²) in [5.74, 6) is 1.63. The number of benzene rings is 1. The number of hydrogen-bond acceptors (Lipinski definition) is 4. The molecule has 1 heterocycles.